The van der Waals surface area contributed by atoms with E-state index in [1.807, 2.05) is 37.3 Å². The quantitative estimate of drug-likeness (QED) is 0.632. The van der Waals surface area contributed by atoms with Gasteiger partial charge in [-0.25, -0.2) is 0 Å². The average molecular weight is 395 g/mol. The van der Waals surface area contributed by atoms with E-state index >= 15 is 0 Å². The molecule has 0 saturated carbocycles. The minimum atomic E-state index is -0.581. The Morgan fingerprint density at radius 1 is 1.17 bits per heavy atom. The third-order valence-electron chi connectivity index (χ3n) is 4.56. The summed E-state index contributed by atoms with van der Waals surface area (Å²) in [5.41, 5.74) is 1.40. The lowest BCUT2D eigenvalue weighted by molar-refractivity contribution is -0.125. The average Bonchev–Trinajstić information content (AvgIpc) is 3.20. The van der Waals surface area contributed by atoms with Gasteiger partial charge >= 0.3 is 0 Å². The van der Waals surface area contributed by atoms with Crippen LogP contribution in [-0.2, 0) is 11.3 Å². The van der Waals surface area contributed by atoms with Crippen LogP contribution in [0.1, 0.15) is 19.7 Å². The highest BCUT2D eigenvalue weighted by atomic mass is 16.5. The standard InChI is InChI=1S/C21H21N3O5/c1-4-27-17-10-9-14(11-18(17)26-3)20-22-19(29-23-20)12-24-15-7-5-6-8-16(15)28-13(2)21(24)25/h5-11,13H,4,12H2,1-3H3/t13-/m1/s1. The fourth-order valence-corrected chi connectivity index (χ4v) is 3.17. The van der Waals surface area contributed by atoms with E-state index in [2.05, 4.69) is 10.1 Å². The molecule has 0 radical (unpaired) electrons. The molecule has 1 aliphatic rings. The number of hydrogen-bond acceptors (Lipinski definition) is 7. The number of amides is 1. The van der Waals surface area contributed by atoms with Gasteiger partial charge in [-0.3, -0.25) is 9.69 Å². The van der Waals surface area contributed by atoms with Crippen molar-refractivity contribution in [2.75, 3.05) is 18.6 Å². The summed E-state index contributed by atoms with van der Waals surface area (Å²) in [5.74, 6) is 2.45. The third-order valence-corrected chi connectivity index (χ3v) is 4.56. The zero-order valence-corrected chi connectivity index (χ0v) is 16.4. The van der Waals surface area contributed by atoms with Crippen LogP contribution >= 0.6 is 0 Å². The van der Waals surface area contributed by atoms with Gasteiger partial charge < -0.3 is 18.7 Å². The number of benzene rings is 2. The second kappa shape index (κ2) is 7.83. The van der Waals surface area contributed by atoms with Gasteiger partial charge in [0.2, 0.25) is 11.7 Å². The maximum absolute atomic E-state index is 12.6. The molecule has 1 aromatic heterocycles. The normalized spacial score (nSPS) is 15.6. The molecular formula is C21H21N3O5. The van der Waals surface area contributed by atoms with E-state index in [-0.39, 0.29) is 12.5 Å². The lowest BCUT2D eigenvalue weighted by Gasteiger charge is -2.31. The topological polar surface area (TPSA) is 86.9 Å². The van der Waals surface area contributed by atoms with Crippen molar-refractivity contribution in [2.24, 2.45) is 0 Å². The van der Waals surface area contributed by atoms with Crippen LogP contribution in [0.3, 0.4) is 0 Å². The van der Waals surface area contributed by atoms with Crippen molar-refractivity contribution in [1.82, 2.24) is 10.1 Å². The molecule has 1 aliphatic heterocycles. The summed E-state index contributed by atoms with van der Waals surface area (Å²) in [6, 6.07) is 12.8. The maximum atomic E-state index is 12.6. The molecule has 0 unspecified atom stereocenters. The Balaban J connectivity index is 1.60. The Bertz CT molecular complexity index is 1030. The summed E-state index contributed by atoms with van der Waals surface area (Å²) in [4.78, 5) is 18.7. The SMILES string of the molecule is CCOc1ccc(-c2noc(CN3C(=O)[C@@H](C)Oc4ccccc43)n2)cc1OC. The first-order valence-electron chi connectivity index (χ1n) is 9.31. The molecule has 0 saturated heterocycles. The van der Waals surface area contributed by atoms with Gasteiger partial charge in [0.1, 0.15) is 12.3 Å². The molecular weight excluding hydrogens is 374 g/mol. The predicted molar refractivity (Wildman–Crippen MR) is 105 cm³/mol. The van der Waals surface area contributed by atoms with Gasteiger partial charge in [0.15, 0.2) is 17.6 Å². The van der Waals surface area contributed by atoms with E-state index in [0.29, 0.717) is 41.3 Å². The number of hydrogen-bond donors (Lipinski definition) is 0. The molecule has 1 amide bonds. The van der Waals surface area contributed by atoms with Crippen LogP contribution < -0.4 is 19.1 Å². The van der Waals surface area contributed by atoms with E-state index in [1.165, 1.54) is 0 Å². The van der Waals surface area contributed by atoms with Gasteiger partial charge in [0.05, 0.1) is 19.4 Å². The summed E-state index contributed by atoms with van der Waals surface area (Å²) in [6.45, 7) is 4.32. The predicted octanol–water partition coefficient (Wildman–Crippen LogP) is 3.46. The van der Waals surface area contributed by atoms with E-state index in [4.69, 9.17) is 18.7 Å². The molecule has 0 spiro atoms. The molecule has 0 aliphatic carbocycles. The Morgan fingerprint density at radius 2 is 2.00 bits per heavy atom. The largest absolute Gasteiger partial charge is 0.493 e. The summed E-state index contributed by atoms with van der Waals surface area (Å²) < 4.78 is 22.0. The lowest BCUT2D eigenvalue weighted by Crippen LogP contribution is -2.44. The van der Waals surface area contributed by atoms with Crippen LogP contribution in [0, 0.1) is 0 Å². The number of methoxy groups -OCH3 is 1. The van der Waals surface area contributed by atoms with Crippen LogP contribution in [0.15, 0.2) is 47.0 Å². The fraction of sp³-hybridized carbons (Fsp3) is 0.286. The van der Waals surface area contributed by atoms with Crippen molar-refractivity contribution in [3.05, 3.63) is 48.4 Å². The summed E-state index contributed by atoms with van der Waals surface area (Å²) in [5, 5.41) is 4.05. The number of anilines is 1. The van der Waals surface area contributed by atoms with Crippen molar-refractivity contribution in [3.63, 3.8) is 0 Å². The Morgan fingerprint density at radius 3 is 2.79 bits per heavy atom. The van der Waals surface area contributed by atoms with E-state index in [0.717, 1.165) is 5.56 Å². The Kier molecular flexibility index (Phi) is 5.07. The van der Waals surface area contributed by atoms with Crippen molar-refractivity contribution in [2.45, 2.75) is 26.5 Å². The van der Waals surface area contributed by atoms with Gasteiger partial charge in [-0.2, -0.15) is 4.98 Å². The van der Waals surface area contributed by atoms with E-state index < -0.39 is 6.10 Å². The van der Waals surface area contributed by atoms with Gasteiger partial charge in [-0.1, -0.05) is 17.3 Å². The molecule has 8 nitrogen and oxygen atoms in total. The molecule has 29 heavy (non-hydrogen) atoms. The maximum Gasteiger partial charge on any atom is 0.268 e. The second-order valence-electron chi connectivity index (χ2n) is 6.46. The molecule has 1 atom stereocenters. The van der Waals surface area contributed by atoms with Gasteiger partial charge in [0.25, 0.3) is 5.91 Å². The van der Waals surface area contributed by atoms with Crippen molar-refractivity contribution in [1.29, 1.82) is 0 Å². The molecule has 0 bridgehead atoms. The first-order valence-corrected chi connectivity index (χ1v) is 9.31. The van der Waals surface area contributed by atoms with Gasteiger partial charge in [0, 0.05) is 5.56 Å². The Hall–Kier alpha value is -3.55. The zero-order valence-electron chi connectivity index (χ0n) is 16.4. The first kappa shape index (κ1) is 18.8. The molecule has 0 fully saturated rings. The van der Waals surface area contributed by atoms with Gasteiger partial charge in [-0.15, -0.1) is 0 Å². The van der Waals surface area contributed by atoms with Crippen molar-refractivity contribution in [3.8, 4) is 28.6 Å². The molecule has 150 valence electrons. The smallest absolute Gasteiger partial charge is 0.268 e. The summed E-state index contributed by atoms with van der Waals surface area (Å²) in [6.07, 6.45) is -0.581. The zero-order chi connectivity index (χ0) is 20.4. The van der Waals surface area contributed by atoms with Crippen LogP contribution in [0.5, 0.6) is 17.2 Å². The summed E-state index contributed by atoms with van der Waals surface area (Å²) >= 11 is 0. The Labute approximate surface area is 168 Å². The number of para-hydroxylation sites is 2. The van der Waals surface area contributed by atoms with Crippen LogP contribution in [-0.4, -0.2) is 35.9 Å². The molecule has 3 aromatic rings. The monoisotopic (exact) mass is 395 g/mol. The second-order valence-corrected chi connectivity index (χ2v) is 6.46. The van der Waals surface area contributed by atoms with E-state index in [9.17, 15) is 4.79 Å². The van der Waals surface area contributed by atoms with Gasteiger partial charge in [-0.05, 0) is 44.2 Å². The lowest BCUT2D eigenvalue weighted by atomic mass is 10.2. The number of carbonyl (C=O) groups excluding carboxylic acids is 1. The molecule has 0 N–H and O–H groups in total. The first-order chi connectivity index (χ1) is 14.1. The van der Waals surface area contributed by atoms with Crippen LogP contribution in [0.2, 0.25) is 0 Å². The number of nitrogens with zero attached hydrogens (tertiary/aromatic N) is 3. The van der Waals surface area contributed by atoms with Crippen LogP contribution in [0.4, 0.5) is 5.69 Å². The number of rotatable bonds is 6. The van der Waals surface area contributed by atoms with Crippen molar-refractivity contribution < 1.29 is 23.5 Å². The van der Waals surface area contributed by atoms with E-state index in [1.54, 1.807) is 31.1 Å². The highest BCUT2D eigenvalue weighted by Crippen LogP contribution is 2.35. The van der Waals surface area contributed by atoms with Crippen molar-refractivity contribution >= 4 is 11.6 Å². The number of ether oxygens (including phenoxy) is 3. The highest BCUT2D eigenvalue weighted by molar-refractivity contribution is 5.99. The summed E-state index contributed by atoms with van der Waals surface area (Å²) in [7, 11) is 1.58. The molecule has 2 aromatic carbocycles. The van der Waals surface area contributed by atoms with Crippen LogP contribution in [0.25, 0.3) is 11.4 Å². The molecule has 2 heterocycles. The highest BCUT2D eigenvalue weighted by Gasteiger charge is 2.32. The number of aromatic nitrogens is 2. The molecule has 4 rings (SSSR count). The minimum absolute atomic E-state index is 0.157. The fourth-order valence-electron chi connectivity index (χ4n) is 3.17. The molecule has 8 heteroatoms. The third kappa shape index (κ3) is 3.61. The minimum Gasteiger partial charge on any atom is -0.493 e. The number of carbonyl (C=O) groups is 1. The number of fused-ring (bicyclic) bond motifs is 1.